The molecule has 1 aromatic carbocycles. The molecule has 9 heteroatoms. The Bertz CT molecular complexity index is 506. The minimum Gasteiger partial charge on any atom is -0.497 e. The topological polar surface area (TPSA) is 91.3 Å². The van der Waals surface area contributed by atoms with Crippen molar-refractivity contribution in [1.29, 1.82) is 0 Å². The van der Waals surface area contributed by atoms with Crippen molar-refractivity contribution in [3.63, 3.8) is 0 Å². The zero-order valence-corrected chi connectivity index (χ0v) is 11.3. The van der Waals surface area contributed by atoms with E-state index in [4.69, 9.17) is 20.8 Å². The van der Waals surface area contributed by atoms with Crippen LogP contribution >= 0.6 is 0 Å². The van der Waals surface area contributed by atoms with Gasteiger partial charge in [-0.2, -0.15) is 13.2 Å². The molecule has 0 saturated carbocycles. The maximum atomic E-state index is 12.6. The van der Waals surface area contributed by atoms with Crippen LogP contribution in [0.4, 0.5) is 18.9 Å². The highest BCUT2D eigenvalue weighted by atomic mass is 19.4. The summed E-state index contributed by atoms with van der Waals surface area (Å²) in [5, 5.41) is 20.5. The summed E-state index contributed by atoms with van der Waals surface area (Å²) in [6.07, 6.45) is -4.47. The van der Waals surface area contributed by atoms with Crippen LogP contribution in [0.25, 0.3) is 0 Å². The second kappa shape index (κ2) is 7.02. The van der Waals surface area contributed by atoms with Crippen LogP contribution in [0.2, 0.25) is 0 Å². The maximum absolute atomic E-state index is 12.6. The number of nitrogens with two attached hydrogens (primary N) is 1. The Morgan fingerprint density at radius 1 is 1.43 bits per heavy atom. The van der Waals surface area contributed by atoms with E-state index < -0.39 is 19.3 Å². The average Bonchev–Trinajstić information content (AvgIpc) is 2.44. The highest BCUT2D eigenvalue weighted by Gasteiger charge is 2.32. The van der Waals surface area contributed by atoms with E-state index in [0.717, 1.165) is 4.90 Å². The first-order valence-electron chi connectivity index (χ1n) is 5.91. The average molecular weight is 307 g/mol. The number of hydrogen-bond donors (Lipinski definition) is 3. The van der Waals surface area contributed by atoms with Crippen molar-refractivity contribution in [2.75, 3.05) is 31.7 Å². The molecule has 0 heterocycles. The molecular weight excluding hydrogens is 291 g/mol. The van der Waals surface area contributed by atoms with Crippen molar-refractivity contribution in [3.05, 3.63) is 23.8 Å². The summed E-state index contributed by atoms with van der Waals surface area (Å²) in [6, 6.07) is 4.18. The number of alkyl halides is 3. The summed E-state index contributed by atoms with van der Waals surface area (Å²) >= 11 is 0. The molecule has 0 saturated heterocycles. The first-order valence-corrected chi connectivity index (χ1v) is 5.91. The third kappa shape index (κ3) is 4.71. The molecule has 0 aromatic heterocycles. The summed E-state index contributed by atoms with van der Waals surface area (Å²) in [5.41, 5.74) is 5.63. The van der Waals surface area contributed by atoms with Crippen molar-refractivity contribution < 1.29 is 28.2 Å². The van der Waals surface area contributed by atoms with Gasteiger partial charge in [0.2, 0.25) is 0 Å². The molecule has 0 unspecified atom stereocenters. The van der Waals surface area contributed by atoms with E-state index in [2.05, 4.69) is 5.16 Å². The molecule has 0 radical (unpaired) electrons. The lowest BCUT2D eigenvalue weighted by molar-refractivity contribution is -0.119. The van der Waals surface area contributed by atoms with Crippen molar-refractivity contribution in [1.82, 2.24) is 0 Å². The van der Waals surface area contributed by atoms with Gasteiger partial charge < -0.3 is 25.7 Å². The molecule has 0 aliphatic rings. The Balaban J connectivity index is 3.32. The van der Waals surface area contributed by atoms with Crippen LogP contribution < -0.4 is 15.4 Å². The predicted molar refractivity (Wildman–Crippen MR) is 70.9 cm³/mol. The highest BCUT2D eigenvalue weighted by molar-refractivity contribution is 6.02. The Labute approximate surface area is 119 Å². The largest absolute Gasteiger partial charge is 0.497 e. The van der Waals surface area contributed by atoms with Crippen LogP contribution in [-0.4, -0.2) is 49.1 Å². The first-order chi connectivity index (χ1) is 9.82. The second-order valence-corrected chi connectivity index (χ2v) is 4.13. The first kappa shape index (κ1) is 16.9. The van der Waals surface area contributed by atoms with E-state index >= 15 is 0 Å². The number of ether oxygens (including phenoxy) is 1. The Morgan fingerprint density at radius 2 is 2.10 bits per heavy atom. The lowest BCUT2D eigenvalue weighted by Gasteiger charge is -2.27. The Hall–Kier alpha value is -2.16. The van der Waals surface area contributed by atoms with Crippen LogP contribution in [0.3, 0.4) is 0 Å². The lowest BCUT2D eigenvalue weighted by Crippen LogP contribution is -2.37. The number of methoxy groups -OCH3 is 1. The van der Waals surface area contributed by atoms with Gasteiger partial charge in [0.25, 0.3) is 0 Å². The molecular formula is C12H16F3N3O3. The Kier molecular flexibility index (Phi) is 5.65. The van der Waals surface area contributed by atoms with E-state index in [0.29, 0.717) is 5.75 Å². The molecule has 21 heavy (non-hydrogen) atoms. The van der Waals surface area contributed by atoms with Gasteiger partial charge in [-0.1, -0.05) is 5.16 Å². The smallest absolute Gasteiger partial charge is 0.405 e. The summed E-state index contributed by atoms with van der Waals surface area (Å²) in [4.78, 5) is 0.885. The molecule has 118 valence electrons. The summed E-state index contributed by atoms with van der Waals surface area (Å²) in [6.45, 7) is -2.03. The third-order valence-electron chi connectivity index (χ3n) is 2.67. The zero-order chi connectivity index (χ0) is 16.0. The molecule has 0 amide bonds. The number of aliphatic hydroxyl groups is 1. The fourth-order valence-electron chi connectivity index (χ4n) is 1.79. The van der Waals surface area contributed by atoms with Gasteiger partial charge in [-0.15, -0.1) is 0 Å². The van der Waals surface area contributed by atoms with Gasteiger partial charge in [0.15, 0.2) is 5.84 Å². The van der Waals surface area contributed by atoms with Crippen LogP contribution in [0.1, 0.15) is 5.56 Å². The number of oxime groups is 1. The van der Waals surface area contributed by atoms with Crippen molar-refractivity contribution in [2.24, 2.45) is 10.9 Å². The maximum Gasteiger partial charge on any atom is 0.405 e. The van der Waals surface area contributed by atoms with E-state index in [1.807, 2.05) is 0 Å². The Morgan fingerprint density at radius 3 is 2.57 bits per heavy atom. The number of nitrogens with zero attached hydrogens (tertiary/aromatic N) is 2. The highest BCUT2D eigenvalue weighted by Crippen LogP contribution is 2.29. The second-order valence-electron chi connectivity index (χ2n) is 4.13. The standard InChI is InChI=1S/C12H16F3N3O3/c1-21-8-2-3-9(11(16)17-20)10(6-8)18(4-5-19)7-12(13,14)15/h2-3,6,19-20H,4-5,7H2,1H3,(H2,16,17). The molecule has 1 rings (SSSR count). The minimum absolute atomic E-state index is 0.0519. The minimum atomic E-state index is -4.47. The quantitative estimate of drug-likeness (QED) is 0.317. The summed E-state index contributed by atoms with van der Waals surface area (Å²) < 4.78 is 42.9. The number of rotatable bonds is 6. The van der Waals surface area contributed by atoms with E-state index in [9.17, 15) is 13.2 Å². The van der Waals surface area contributed by atoms with Gasteiger partial charge >= 0.3 is 6.18 Å². The van der Waals surface area contributed by atoms with E-state index in [-0.39, 0.29) is 23.6 Å². The third-order valence-corrected chi connectivity index (χ3v) is 2.67. The molecule has 0 fully saturated rings. The van der Waals surface area contributed by atoms with Gasteiger partial charge in [0.1, 0.15) is 12.3 Å². The lowest BCUT2D eigenvalue weighted by atomic mass is 10.1. The molecule has 4 N–H and O–H groups in total. The van der Waals surface area contributed by atoms with Gasteiger partial charge in [0.05, 0.1) is 19.4 Å². The molecule has 6 nitrogen and oxygen atoms in total. The van der Waals surface area contributed by atoms with Crippen LogP contribution in [0.15, 0.2) is 23.4 Å². The van der Waals surface area contributed by atoms with Crippen LogP contribution in [0.5, 0.6) is 5.75 Å². The van der Waals surface area contributed by atoms with Gasteiger partial charge in [-0.3, -0.25) is 0 Å². The molecule has 0 atom stereocenters. The molecule has 1 aromatic rings. The number of hydrogen-bond acceptors (Lipinski definition) is 5. The fraction of sp³-hybridized carbons (Fsp3) is 0.417. The van der Waals surface area contributed by atoms with Crippen molar-refractivity contribution in [2.45, 2.75) is 6.18 Å². The van der Waals surface area contributed by atoms with Gasteiger partial charge in [-0.25, -0.2) is 0 Å². The monoisotopic (exact) mass is 307 g/mol. The van der Waals surface area contributed by atoms with Crippen molar-refractivity contribution in [3.8, 4) is 5.75 Å². The fourth-order valence-corrected chi connectivity index (χ4v) is 1.79. The van der Waals surface area contributed by atoms with Crippen LogP contribution in [-0.2, 0) is 0 Å². The molecule has 0 spiro atoms. The summed E-state index contributed by atoms with van der Waals surface area (Å²) in [7, 11) is 1.36. The molecule has 0 aliphatic carbocycles. The summed E-state index contributed by atoms with van der Waals surface area (Å²) in [5.74, 6) is -0.0256. The van der Waals surface area contributed by atoms with E-state index in [1.54, 1.807) is 0 Å². The number of halogens is 3. The number of anilines is 1. The normalized spacial score (nSPS) is 12.3. The van der Waals surface area contributed by atoms with Gasteiger partial charge in [0, 0.05) is 18.2 Å². The molecule has 0 aliphatic heterocycles. The number of aliphatic hydroxyl groups excluding tert-OH is 1. The number of amidine groups is 1. The van der Waals surface area contributed by atoms with Crippen LogP contribution in [0, 0.1) is 0 Å². The van der Waals surface area contributed by atoms with Gasteiger partial charge in [-0.05, 0) is 12.1 Å². The SMILES string of the molecule is COc1ccc(/C(N)=N/O)c(N(CCO)CC(F)(F)F)c1. The zero-order valence-electron chi connectivity index (χ0n) is 11.3. The van der Waals surface area contributed by atoms with Crippen molar-refractivity contribution >= 4 is 11.5 Å². The number of benzene rings is 1. The van der Waals surface area contributed by atoms with E-state index in [1.165, 1.54) is 25.3 Å². The molecule has 0 bridgehead atoms. The predicted octanol–water partition coefficient (Wildman–Crippen LogP) is 1.15.